The fourth-order valence-electron chi connectivity index (χ4n) is 1.48. The van der Waals surface area contributed by atoms with Gasteiger partial charge in [0, 0.05) is 17.1 Å². The molecule has 0 aliphatic rings. The number of pyridine rings is 1. The number of hydrogen-bond donors (Lipinski definition) is 1. The molecule has 0 aromatic carbocycles. The van der Waals surface area contributed by atoms with Crippen LogP contribution in [0.4, 0.5) is 8.78 Å². The van der Waals surface area contributed by atoms with Gasteiger partial charge in [-0.25, -0.2) is 18.7 Å². The van der Waals surface area contributed by atoms with E-state index in [2.05, 4.69) is 15.3 Å². The summed E-state index contributed by atoms with van der Waals surface area (Å²) >= 11 is 1.40. The van der Waals surface area contributed by atoms with E-state index in [1.807, 2.05) is 12.3 Å². The van der Waals surface area contributed by atoms with Gasteiger partial charge in [0.25, 0.3) is 5.91 Å². The van der Waals surface area contributed by atoms with Crippen LogP contribution in [0.1, 0.15) is 34.2 Å². The van der Waals surface area contributed by atoms with Gasteiger partial charge in [-0.3, -0.25) is 4.79 Å². The van der Waals surface area contributed by atoms with E-state index in [0.29, 0.717) is 11.1 Å². The number of carbonyl (C=O) groups is 1. The first-order chi connectivity index (χ1) is 8.97. The Hall–Kier alpha value is -1.89. The first-order valence-electron chi connectivity index (χ1n) is 5.51. The molecule has 4 nitrogen and oxygen atoms in total. The molecule has 1 N–H and O–H groups in total. The van der Waals surface area contributed by atoms with Crippen LogP contribution in [0.3, 0.4) is 0 Å². The van der Waals surface area contributed by atoms with Crippen molar-refractivity contribution < 1.29 is 13.6 Å². The molecular formula is C12H11F2N3OS. The van der Waals surface area contributed by atoms with Crippen molar-refractivity contribution >= 4 is 17.2 Å². The van der Waals surface area contributed by atoms with Gasteiger partial charge in [-0.2, -0.15) is 0 Å². The molecule has 0 bridgehead atoms. The largest absolute Gasteiger partial charge is 0.342 e. The Morgan fingerprint density at radius 2 is 2.21 bits per heavy atom. The molecule has 0 aliphatic heterocycles. The maximum absolute atomic E-state index is 13.4. The van der Waals surface area contributed by atoms with E-state index in [-0.39, 0.29) is 6.04 Å². The molecule has 1 atom stereocenters. The summed E-state index contributed by atoms with van der Waals surface area (Å²) in [5.74, 6) is -2.50. The van der Waals surface area contributed by atoms with Crippen LogP contribution in [0.15, 0.2) is 17.6 Å². The van der Waals surface area contributed by atoms with Crippen molar-refractivity contribution in [3.63, 3.8) is 0 Å². The fourth-order valence-corrected chi connectivity index (χ4v) is 2.28. The predicted octanol–water partition coefficient (Wildman–Crippen LogP) is 2.62. The number of aryl methyl sites for hydroxylation is 1. The Balaban J connectivity index is 2.12. The summed E-state index contributed by atoms with van der Waals surface area (Å²) < 4.78 is 26.1. The van der Waals surface area contributed by atoms with Gasteiger partial charge < -0.3 is 5.32 Å². The number of halogens is 2. The minimum atomic E-state index is -0.986. The molecule has 100 valence electrons. The van der Waals surface area contributed by atoms with Crippen LogP contribution in [0.5, 0.6) is 0 Å². The molecule has 19 heavy (non-hydrogen) atoms. The van der Waals surface area contributed by atoms with E-state index >= 15 is 0 Å². The molecule has 2 aromatic heterocycles. The van der Waals surface area contributed by atoms with E-state index in [1.54, 1.807) is 6.92 Å². The van der Waals surface area contributed by atoms with Crippen molar-refractivity contribution in [3.8, 4) is 0 Å². The molecule has 1 amide bonds. The Morgan fingerprint density at radius 1 is 1.47 bits per heavy atom. The van der Waals surface area contributed by atoms with Crippen LogP contribution in [-0.4, -0.2) is 15.9 Å². The van der Waals surface area contributed by atoms with Crippen LogP contribution < -0.4 is 5.32 Å². The van der Waals surface area contributed by atoms with Gasteiger partial charge in [-0.05, 0) is 13.8 Å². The highest BCUT2D eigenvalue weighted by Crippen LogP contribution is 2.18. The average Bonchev–Trinajstić information content (AvgIpc) is 2.75. The fraction of sp³-hybridized carbons (Fsp3) is 0.250. The molecule has 2 aromatic rings. The van der Waals surface area contributed by atoms with Crippen LogP contribution in [0.25, 0.3) is 0 Å². The van der Waals surface area contributed by atoms with Crippen LogP contribution in [-0.2, 0) is 0 Å². The maximum atomic E-state index is 13.4. The number of thiazole rings is 1. The molecule has 0 radical (unpaired) electrons. The number of hydrogen-bond acceptors (Lipinski definition) is 4. The van der Waals surface area contributed by atoms with E-state index in [0.717, 1.165) is 11.9 Å². The molecule has 7 heteroatoms. The maximum Gasteiger partial charge on any atom is 0.273 e. The van der Waals surface area contributed by atoms with E-state index < -0.39 is 23.2 Å². The Kier molecular flexibility index (Phi) is 3.84. The van der Waals surface area contributed by atoms with Crippen molar-refractivity contribution in [1.29, 1.82) is 0 Å². The van der Waals surface area contributed by atoms with Crippen LogP contribution in [0, 0.1) is 18.6 Å². The summed E-state index contributed by atoms with van der Waals surface area (Å²) in [4.78, 5) is 19.5. The van der Waals surface area contributed by atoms with Gasteiger partial charge in [0.05, 0.1) is 12.2 Å². The third kappa shape index (κ3) is 3.11. The third-order valence-corrected chi connectivity index (χ3v) is 3.52. The van der Waals surface area contributed by atoms with Crippen LogP contribution in [0.2, 0.25) is 0 Å². The number of nitrogens with one attached hydrogen (secondary N) is 1. The summed E-state index contributed by atoms with van der Waals surface area (Å²) in [6, 6.07) is 0.262. The number of aromatic nitrogens is 2. The normalized spacial score (nSPS) is 12.2. The minimum absolute atomic E-state index is 0.363. The van der Waals surface area contributed by atoms with Gasteiger partial charge >= 0.3 is 0 Å². The smallest absolute Gasteiger partial charge is 0.273 e. The summed E-state index contributed by atoms with van der Waals surface area (Å²) in [6.07, 6.45) is 0.802. The Labute approximate surface area is 112 Å². The predicted molar refractivity (Wildman–Crippen MR) is 66.9 cm³/mol. The molecule has 0 unspecified atom stereocenters. The lowest BCUT2D eigenvalue weighted by Gasteiger charge is -2.11. The van der Waals surface area contributed by atoms with Gasteiger partial charge in [0.2, 0.25) is 0 Å². The zero-order valence-electron chi connectivity index (χ0n) is 10.3. The summed E-state index contributed by atoms with van der Waals surface area (Å²) in [6.45, 7) is 3.58. The molecule has 2 rings (SSSR count). The summed E-state index contributed by atoms with van der Waals surface area (Å²) in [5.41, 5.74) is 0.425. The van der Waals surface area contributed by atoms with Crippen molar-refractivity contribution in [1.82, 2.24) is 15.3 Å². The lowest BCUT2D eigenvalue weighted by molar-refractivity contribution is 0.0930. The second-order valence-corrected chi connectivity index (χ2v) is 4.90. The Morgan fingerprint density at radius 3 is 2.79 bits per heavy atom. The SMILES string of the molecule is Cc1csc([C@H](C)NC(=O)c2ncc(F)cc2F)n1. The molecule has 0 spiro atoms. The van der Waals surface area contributed by atoms with Gasteiger partial charge in [-0.1, -0.05) is 0 Å². The number of rotatable bonds is 3. The van der Waals surface area contributed by atoms with E-state index in [4.69, 9.17) is 0 Å². The summed E-state index contributed by atoms with van der Waals surface area (Å²) in [7, 11) is 0. The second kappa shape index (κ2) is 5.40. The lowest BCUT2D eigenvalue weighted by Crippen LogP contribution is -2.28. The Bertz CT molecular complexity index is 615. The molecule has 0 fully saturated rings. The van der Waals surface area contributed by atoms with Crippen molar-refractivity contribution in [2.24, 2.45) is 0 Å². The topological polar surface area (TPSA) is 54.9 Å². The molecule has 0 saturated heterocycles. The molecule has 0 aliphatic carbocycles. The number of carbonyl (C=O) groups excluding carboxylic acids is 1. The van der Waals surface area contributed by atoms with Gasteiger partial charge in [-0.15, -0.1) is 11.3 Å². The van der Waals surface area contributed by atoms with Crippen LogP contribution >= 0.6 is 11.3 Å². The third-order valence-electron chi connectivity index (χ3n) is 2.38. The van der Waals surface area contributed by atoms with Crippen molar-refractivity contribution in [3.05, 3.63) is 45.7 Å². The molecule has 0 saturated carbocycles. The standard InChI is InChI=1S/C12H11F2N3OS/c1-6-5-19-12(16-6)7(2)17-11(18)10-9(14)3-8(13)4-15-10/h3-5,7H,1-2H3,(H,17,18)/t7-/m0/s1. The number of nitrogens with zero attached hydrogens (tertiary/aromatic N) is 2. The second-order valence-electron chi connectivity index (χ2n) is 4.01. The minimum Gasteiger partial charge on any atom is -0.342 e. The lowest BCUT2D eigenvalue weighted by atomic mass is 10.3. The molecular weight excluding hydrogens is 272 g/mol. The number of amides is 1. The first-order valence-corrected chi connectivity index (χ1v) is 6.39. The first kappa shape index (κ1) is 13.5. The van der Waals surface area contributed by atoms with Gasteiger partial charge in [0.15, 0.2) is 11.5 Å². The zero-order chi connectivity index (χ0) is 14.0. The highest BCUT2D eigenvalue weighted by atomic mass is 32.1. The summed E-state index contributed by atoms with van der Waals surface area (Å²) in [5, 5.41) is 5.14. The zero-order valence-corrected chi connectivity index (χ0v) is 11.1. The quantitative estimate of drug-likeness (QED) is 0.942. The monoisotopic (exact) mass is 283 g/mol. The average molecular weight is 283 g/mol. The van der Waals surface area contributed by atoms with E-state index in [1.165, 1.54) is 11.3 Å². The highest BCUT2D eigenvalue weighted by Gasteiger charge is 2.18. The highest BCUT2D eigenvalue weighted by molar-refractivity contribution is 7.09. The van der Waals surface area contributed by atoms with Crippen molar-refractivity contribution in [2.45, 2.75) is 19.9 Å². The van der Waals surface area contributed by atoms with Crippen molar-refractivity contribution in [2.75, 3.05) is 0 Å². The van der Waals surface area contributed by atoms with Gasteiger partial charge in [0.1, 0.15) is 10.8 Å². The molecule has 2 heterocycles. The van der Waals surface area contributed by atoms with E-state index in [9.17, 15) is 13.6 Å².